The second-order valence-electron chi connectivity index (χ2n) is 4.33. The molecule has 5 nitrogen and oxygen atoms in total. The third-order valence-electron chi connectivity index (χ3n) is 2.85. The molecule has 0 radical (unpaired) electrons. The number of hydrogen-bond acceptors (Lipinski definition) is 4. The first-order valence-electron chi connectivity index (χ1n) is 6.58. The minimum absolute atomic E-state index is 0.354. The number of rotatable bonds is 10. The Morgan fingerprint density at radius 1 is 1.39 bits per heavy atom. The molecule has 104 valence electrons. The van der Waals surface area contributed by atoms with Crippen LogP contribution in [0.2, 0.25) is 0 Å². The predicted octanol–water partition coefficient (Wildman–Crippen LogP) is 2.32. The van der Waals surface area contributed by atoms with Crippen LogP contribution in [0.15, 0.2) is 12.4 Å². The van der Waals surface area contributed by atoms with Gasteiger partial charge < -0.3 is 19.4 Å². The molecule has 1 aromatic heterocycles. The van der Waals surface area contributed by atoms with Gasteiger partial charge in [0, 0.05) is 39.8 Å². The molecule has 0 aliphatic carbocycles. The van der Waals surface area contributed by atoms with Gasteiger partial charge in [0.25, 0.3) is 0 Å². The second kappa shape index (κ2) is 8.94. The molecule has 1 N–H and O–H groups in total. The van der Waals surface area contributed by atoms with Gasteiger partial charge in [-0.15, -0.1) is 0 Å². The van der Waals surface area contributed by atoms with Crippen molar-refractivity contribution in [3.8, 4) is 0 Å². The van der Waals surface area contributed by atoms with Gasteiger partial charge in [0.1, 0.15) is 0 Å². The lowest BCUT2D eigenvalue weighted by Crippen LogP contribution is -2.18. The fourth-order valence-electron chi connectivity index (χ4n) is 1.99. The minimum atomic E-state index is 0.354. The standard InChI is InChI=1S/C13H25N3O2/c1-4-6-12(11-18-3)16-9-8-15-13(16)14-7-5-10-17-2/h8-9,12H,4-7,10-11H2,1-3H3,(H,14,15). The van der Waals surface area contributed by atoms with Crippen molar-refractivity contribution in [2.45, 2.75) is 32.2 Å². The summed E-state index contributed by atoms with van der Waals surface area (Å²) in [4.78, 5) is 4.35. The van der Waals surface area contributed by atoms with Crippen molar-refractivity contribution in [1.82, 2.24) is 9.55 Å². The number of hydrogen-bond donors (Lipinski definition) is 1. The van der Waals surface area contributed by atoms with E-state index < -0.39 is 0 Å². The molecule has 0 saturated carbocycles. The molecule has 1 rings (SSSR count). The van der Waals surface area contributed by atoms with Crippen molar-refractivity contribution in [3.05, 3.63) is 12.4 Å². The van der Waals surface area contributed by atoms with Crippen LogP contribution in [0.3, 0.4) is 0 Å². The Kier molecular flexibility index (Phi) is 7.44. The van der Waals surface area contributed by atoms with E-state index in [9.17, 15) is 0 Å². The number of anilines is 1. The van der Waals surface area contributed by atoms with E-state index in [0.717, 1.165) is 45.0 Å². The molecular formula is C13H25N3O2. The van der Waals surface area contributed by atoms with Crippen LogP contribution >= 0.6 is 0 Å². The van der Waals surface area contributed by atoms with Crippen LogP contribution in [0.4, 0.5) is 5.95 Å². The Balaban J connectivity index is 2.55. The van der Waals surface area contributed by atoms with E-state index in [-0.39, 0.29) is 0 Å². The molecule has 0 bridgehead atoms. The number of nitrogens with zero attached hydrogens (tertiary/aromatic N) is 2. The van der Waals surface area contributed by atoms with Crippen LogP contribution in [0, 0.1) is 0 Å². The average molecular weight is 255 g/mol. The lowest BCUT2D eigenvalue weighted by atomic mass is 10.2. The molecular weight excluding hydrogens is 230 g/mol. The molecule has 1 aromatic rings. The number of ether oxygens (including phenoxy) is 2. The van der Waals surface area contributed by atoms with Crippen molar-refractivity contribution in [2.24, 2.45) is 0 Å². The first-order chi connectivity index (χ1) is 8.83. The molecule has 0 fully saturated rings. The highest BCUT2D eigenvalue weighted by molar-refractivity contribution is 5.26. The zero-order valence-corrected chi connectivity index (χ0v) is 11.7. The molecule has 5 heteroatoms. The van der Waals surface area contributed by atoms with Crippen LogP contribution in [-0.2, 0) is 9.47 Å². The molecule has 0 aliphatic rings. The molecule has 1 heterocycles. The van der Waals surface area contributed by atoms with E-state index in [1.165, 1.54) is 0 Å². The first kappa shape index (κ1) is 15.0. The third-order valence-corrected chi connectivity index (χ3v) is 2.85. The summed E-state index contributed by atoms with van der Waals surface area (Å²) < 4.78 is 12.5. The van der Waals surface area contributed by atoms with Gasteiger partial charge in [-0.2, -0.15) is 0 Å². The van der Waals surface area contributed by atoms with Crippen molar-refractivity contribution < 1.29 is 9.47 Å². The van der Waals surface area contributed by atoms with Crippen molar-refractivity contribution in [1.29, 1.82) is 0 Å². The van der Waals surface area contributed by atoms with Crippen LogP contribution in [0.1, 0.15) is 32.2 Å². The van der Waals surface area contributed by atoms with Crippen LogP contribution in [-0.4, -0.2) is 43.5 Å². The Bertz CT molecular complexity index is 309. The minimum Gasteiger partial charge on any atom is -0.385 e. The van der Waals surface area contributed by atoms with Gasteiger partial charge >= 0.3 is 0 Å². The van der Waals surface area contributed by atoms with E-state index >= 15 is 0 Å². The summed E-state index contributed by atoms with van der Waals surface area (Å²) in [5.74, 6) is 0.918. The number of nitrogens with one attached hydrogen (secondary N) is 1. The molecule has 1 unspecified atom stereocenters. The fourth-order valence-corrected chi connectivity index (χ4v) is 1.99. The maximum absolute atomic E-state index is 5.28. The monoisotopic (exact) mass is 255 g/mol. The van der Waals surface area contributed by atoms with E-state index in [0.29, 0.717) is 6.04 Å². The Morgan fingerprint density at radius 2 is 2.22 bits per heavy atom. The molecule has 0 spiro atoms. The quantitative estimate of drug-likeness (QED) is 0.652. The molecule has 0 amide bonds. The summed E-state index contributed by atoms with van der Waals surface area (Å²) in [5.41, 5.74) is 0. The summed E-state index contributed by atoms with van der Waals surface area (Å²) in [7, 11) is 3.46. The summed E-state index contributed by atoms with van der Waals surface area (Å²) in [6.07, 6.45) is 7.05. The summed E-state index contributed by atoms with van der Waals surface area (Å²) in [5, 5.41) is 3.34. The van der Waals surface area contributed by atoms with Crippen molar-refractivity contribution >= 4 is 5.95 Å². The number of methoxy groups -OCH3 is 2. The first-order valence-corrected chi connectivity index (χ1v) is 6.58. The number of imidazole rings is 1. The normalized spacial score (nSPS) is 12.6. The lowest BCUT2D eigenvalue weighted by Gasteiger charge is -2.19. The average Bonchev–Trinajstić information content (AvgIpc) is 2.83. The Labute approximate surface area is 109 Å². The maximum Gasteiger partial charge on any atom is 0.203 e. The maximum atomic E-state index is 5.28. The van der Waals surface area contributed by atoms with Crippen molar-refractivity contribution in [2.75, 3.05) is 39.3 Å². The largest absolute Gasteiger partial charge is 0.385 e. The van der Waals surface area contributed by atoms with E-state index in [1.54, 1.807) is 14.2 Å². The number of aromatic nitrogens is 2. The van der Waals surface area contributed by atoms with Gasteiger partial charge in [0.2, 0.25) is 5.95 Å². The van der Waals surface area contributed by atoms with Gasteiger partial charge in [-0.3, -0.25) is 0 Å². The highest BCUT2D eigenvalue weighted by Gasteiger charge is 2.13. The second-order valence-corrected chi connectivity index (χ2v) is 4.33. The Morgan fingerprint density at radius 3 is 2.89 bits per heavy atom. The molecule has 1 atom stereocenters. The smallest absolute Gasteiger partial charge is 0.203 e. The van der Waals surface area contributed by atoms with E-state index in [4.69, 9.17) is 9.47 Å². The lowest BCUT2D eigenvalue weighted by molar-refractivity contribution is 0.151. The summed E-state index contributed by atoms with van der Waals surface area (Å²) >= 11 is 0. The highest BCUT2D eigenvalue weighted by atomic mass is 16.5. The summed E-state index contributed by atoms with van der Waals surface area (Å²) in [6.45, 7) is 4.54. The molecule has 18 heavy (non-hydrogen) atoms. The SMILES string of the molecule is CCCC(COC)n1ccnc1NCCCOC. The van der Waals surface area contributed by atoms with Crippen LogP contribution < -0.4 is 5.32 Å². The zero-order valence-electron chi connectivity index (χ0n) is 11.7. The summed E-state index contributed by atoms with van der Waals surface area (Å²) in [6, 6.07) is 0.354. The molecule has 0 saturated heterocycles. The van der Waals surface area contributed by atoms with Crippen LogP contribution in [0.5, 0.6) is 0 Å². The molecule has 0 aromatic carbocycles. The van der Waals surface area contributed by atoms with Gasteiger partial charge in [-0.1, -0.05) is 13.3 Å². The zero-order chi connectivity index (χ0) is 13.2. The molecule has 0 aliphatic heterocycles. The van der Waals surface area contributed by atoms with Gasteiger partial charge in [-0.25, -0.2) is 4.98 Å². The van der Waals surface area contributed by atoms with Gasteiger partial charge in [-0.05, 0) is 12.8 Å². The Hall–Kier alpha value is -1.07. The van der Waals surface area contributed by atoms with Gasteiger partial charge in [0.15, 0.2) is 0 Å². The fraction of sp³-hybridized carbons (Fsp3) is 0.769. The van der Waals surface area contributed by atoms with Gasteiger partial charge in [0.05, 0.1) is 12.6 Å². The third kappa shape index (κ3) is 4.66. The predicted molar refractivity (Wildman–Crippen MR) is 73.0 cm³/mol. The van der Waals surface area contributed by atoms with Crippen molar-refractivity contribution in [3.63, 3.8) is 0 Å². The van der Waals surface area contributed by atoms with E-state index in [2.05, 4.69) is 21.8 Å². The highest BCUT2D eigenvalue weighted by Crippen LogP contribution is 2.19. The van der Waals surface area contributed by atoms with Crippen LogP contribution in [0.25, 0.3) is 0 Å². The van der Waals surface area contributed by atoms with E-state index in [1.807, 2.05) is 12.4 Å². The topological polar surface area (TPSA) is 48.3 Å².